The van der Waals surface area contributed by atoms with Crippen molar-refractivity contribution in [1.29, 1.82) is 0 Å². The van der Waals surface area contributed by atoms with Crippen LogP contribution in [0.15, 0.2) is 24.3 Å². The minimum Gasteiger partial charge on any atom is -0.353 e. The lowest BCUT2D eigenvalue weighted by Crippen LogP contribution is -2.53. The van der Waals surface area contributed by atoms with Crippen molar-refractivity contribution in [2.45, 2.75) is 46.2 Å². The molecule has 132 valence electrons. The van der Waals surface area contributed by atoms with Crippen molar-refractivity contribution in [2.24, 2.45) is 5.92 Å². The normalized spacial score (nSPS) is 16.8. The SMILES string of the molecule is CCNCCNC(=O)C1Cc2ccccc2CN1C(=O)CC(C)C. The first-order valence-electron chi connectivity index (χ1n) is 8.87. The van der Waals surface area contributed by atoms with Crippen LogP contribution in [0.3, 0.4) is 0 Å². The van der Waals surface area contributed by atoms with Gasteiger partial charge in [0.15, 0.2) is 0 Å². The lowest BCUT2D eigenvalue weighted by Gasteiger charge is -2.36. The quantitative estimate of drug-likeness (QED) is 0.748. The zero-order valence-corrected chi connectivity index (χ0v) is 15.0. The Morgan fingerprint density at radius 1 is 1.21 bits per heavy atom. The number of hydrogen-bond acceptors (Lipinski definition) is 3. The molecule has 0 saturated carbocycles. The molecular formula is C19H29N3O2. The van der Waals surface area contributed by atoms with E-state index in [2.05, 4.69) is 16.7 Å². The van der Waals surface area contributed by atoms with Crippen molar-refractivity contribution in [3.63, 3.8) is 0 Å². The Kier molecular flexibility index (Phi) is 6.79. The third-order valence-corrected chi connectivity index (χ3v) is 4.31. The van der Waals surface area contributed by atoms with Crippen molar-refractivity contribution >= 4 is 11.8 Å². The molecule has 1 aromatic carbocycles. The molecule has 2 N–H and O–H groups in total. The number of hydrogen-bond donors (Lipinski definition) is 2. The van der Waals surface area contributed by atoms with Crippen LogP contribution in [0.5, 0.6) is 0 Å². The number of carbonyl (C=O) groups excluding carboxylic acids is 2. The second kappa shape index (κ2) is 8.83. The molecule has 1 aliphatic heterocycles. The van der Waals surface area contributed by atoms with Crippen molar-refractivity contribution in [3.8, 4) is 0 Å². The molecule has 24 heavy (non-hydrogen) atoms. The molecule has 0 aromatic heterocycles. The van der Waals surface area contributed by atoms with Gasteiger partial charge in [-0.15, -0.1) is 0 Å². The molecule has 2 amide bonds. The van der Waals surface area contributed by atoms with Crippen molar-refractivity contribution in [2.75, 3.05) is 19.6 Å². The van der Waals surface area contributed by atoms with Gasteiger partial charge in [-0.2, -0.15) is 0 Å². The van der Waals surface area contributed by atoms with Crippen LogP contribution in [0, 0.1) is 5.92 Å². The first-order chi connectivity index (χ1) is 11.5. The molecule has 1 aromatic rings. The molecule has 1 unspecified atom stereocenters. The summed E-state index contributed by atoms with van der Waals surface area (Å²) in [5.74, 6) is 0.290. The average Bonchev–Trinajstić information content (AvgIpc) is 2.56. The molecule has 1 aliphatic rings. The highest BCUT2D eigenvalue weighted by molar-refractivity contribution is 5.88. The number of likely N-dealkylation sites (N-methyl/N-ethyl adjacent to an activating group) is 1. The van der Waals surface area contributed by atoms with E-state index < -0.39 is 6.04 Å². The predicted octanol–water partition coefficient (Wildman–Crippen LogP) is 1.71. The number of amides is 2. The van der Waals surface area contributed by atoms with Gasteiger partial charge in [0.05, 0.1) is 0 Å². The number of fused-ring (bicyclic) bond motifs is 1. The fraction of sp³-hybridized carbons (Fsp3) is 0.579. The summed E-state index contributed by atoms with van der Waals surface area (Å²) in [6.45, 7) is 8.82. The number of carbonyl (C=O) groups is 2. The molecule has 2 rings (SSSR count). The van der Waals surface area contributed by atoms with E-state index in [9.17, 15) is 9.59 Å². The third kappa shape index (κ3) is 4.81. The maximum absolute atomic E-state index is 12.6. The van der Waals surface area contributed by atoms with Gasteiger partial charge in [0.2, 0.25) is 11.8 Å². The summed E-state index contributed by atoms with van der Waals surface area (Å²) in [5, 5.41) is 6.15. The molecule has 0 spiro atoms. The van der Waals surface area contributed by atoms with Gasteiger partial charge < -0.3 is 15.5 Å². The van der Waals surface area contributed by atoms with E-state index in [0.29, 0.717) is 25.9 Å². The van der Waals surface area contributed by atoms with Crippen LogP contribution in [0.2, 0.25) is 0 Å². The van der Waals surface area contributed by atoms with Crippen LogP contribution in [0.25, 0.3) is 0 Å². The van der Waals surface area contributed by atoms with Crippen LogP contribution in [-0.2, 0) is 22.6 Å². The molecule has 0 fully saturated rings. The molecule has 0 bridgehead atoms. The van der Waals surface area contributed by atoms with Gasteiger partial charge in [-0.3, -0.25) is 9.59 Å². The Labute approximate surface area is 144 Å². The van der Waals surface area contributed by atoms with E-state index in [-0.39, 0.29) is 17.7 Å². The molecule has 1 heterocycles. The van der Waals surface area contributed by atoms with Crippen LogP contribution in [0.1, 0.15) is 38.3 Å². The van der Waals surface area contributed by atoms with Gasteiger partial charge in [-0.25, -0.2) is 0 Å². The van der Waals surface area contributed by atoms with E-state index in [0.717, 1.165) is 24.2 Å². The lowest BCUT2D eigenvalue weighted by atomic mass is 9.92. The summed E-state index contributed by atoms with van der Waals surface area (Å²) >= 11 is 0. The van der Waals surface area contributed by atoms with Crippen LogP contribution in [-0.4, -0.2) is 42.4 Å². The third-order valence-electron chi connectivity index (χ3n) is 4.31. The van der Waals surface area contributed by atoms with Crippen molar-refractivity contribution in [3.05, 3.63) is 35.4 Å². The van der Waals surface area contributed by atoms with Gasteiger partial charge in [-0.05, 0) is 23.6 Å². The molecule has 5 nitrogen and oxygen atoms in total. The smallest absolute Gasteiger partial charge is 0.243 e. The zero-order valence-electron chi connectivity index (χ0n) is 15.0. The Morgan fingerprint density at radius 3 is 2.58 bits per heavy atom. The highest BCUT2D eigenvalue weighted by atomic mass is 16.2. The maximum Gasteiger partial charge on any atom is 0.243 e. The van der Waals surface area contributed by atoms with Gasteiger partial charge in [0.25, 0.3) is 0 Å². The Morgan fingerprint density at radius 2 is 1.92 bits per heavy atom. The van der Waals surface area contributed by atoms with Crippen molar-refractivity contribution < 1.29 is 9.59 Å². The topological polar surface area (TPSA) is 61.4 Å². The summed E-state index contributed by atoms with van der Waals surface area (Å²) in [7, 11) is 0. The van der Waals surface area contributed by atoms with Gasteiger partial charge in [0, 0.05) is 32.5 Å². The molecule has 0 saturated heterocycles. The minimum atomic E-state index is -0.409. The fourth-order valence-corrected chi connectivity index (χ4v) is 3.05. The molecule has 0 radical (unpaired) electrons. The average molecular weight is 331 g/mol. The summed E-state index contributed by atoms with van der Waals surface area (Å²) in [5.41, 5.74) is 2.31. The number of benzene rings is 1. The molecule has 5 heteroatoms. The number of nitrogens with one attached hydrogen (secondary N) is 2. The molecular weight excluding hydrogens is 302 g/mol. The summed E-state index contributed by atoms with van der Waals surface area (Å²) in [6.07, 6.45) is 1.07. The van der Waals surface area contributed by atoms with E-state index >= 15 is 0 Å². The first-order valence-corrected chi connectivity index (χ1v) is 8.87. The Bertz CT molecular complexity index is 571. The standard InChI is InChI=1S/C19H29N3O2/c1-4-20-9-10-21-19(24)17-12-15-7-5-6-8-16(15)13-22(17)18(23)11-14(2)3/h5-8,14,17,20H,4,9-13H2,1-3H3,(H,21,24). The lowest BCUT2D eigenvalue weighted by molar-refractivity contribution is -0.142. The fourth-order valence-electron chi connectivity index (χ4n) is 3.05. The van der Waals surface area contributed by atoms with Gasteiger partial charge >= 0.3 is 0 Å². The van der Waals surface area contributed by atoms with E-state index in [4.69, 9.17) is 0 Å². The summed E-state index contributed by atoms with van der Waals surface area (Å²) in [4.78, 5) is 27.0. The Balaban J connectivity index is 2.11. The first kappa shape index (κ1) is 18.5. The molecule has 1 atom stereocenters. The summed E-state index contributed by atoms with van der Waals surface area (Å²) in [6, 6.07) is 7.67. The van der Waals surface area contributed by atoms with Crippen LogP contribution >= 0.6 is 0 Å². The highest BCUT2D eigenvalue weighted by Gasteiger charge is 2.34. The van der Waals surface area contributed by atoms with E-state index in [1.165, 1.54) is 0 Å². The largest absolute Gasteiger partial charge is 0.353 e. The number of nitrogens with zero attached hydrogens (tertiary/aromatic N) is 1. The zero-order chi connectivity index (χ0) is 17.5. The minimum absolute atomic E-state index is 0.0560. The Hall–Kier alpha value is -1.88. The van der Waals surface area contributed by atoms with Crippen LogP contribution in [0.4, 0.5) is 0 Å². The summed E-state index contributed by atoms with van der Waals surface area (Å²) < 4.78 is 0. The maximum atomic E-state index is 12.6. The van der Waals surface area contributed by atoms with E-state index in [1.54, 1.807) is 4.90 Å². The second-order valence-electron chi connectivity index (χ2n) is 6.75. The van der Waals surface area contributed by atoms with Crippen molar-refractivity contribution in [1.82, 2.24) is 15.5 Å². The second-order valence-corrected chi connectivity index (χ2v) is 6.75. The number of rotatable bonds is 7. The monoisotopic (exact) mass is 331 g/mol. The van der Waals surface area contributed by atoms with Gasteiger partial charge in [0.1, 0.15) is 6.04 Å². The molecule has 0 aliphatic carbocycles. The predicted molar refractivity (Wildman–Crippen MR) is 95.5 cm³/mol. The highest BCUT2D eigenvalue weighted by Crippen LogP contribution is 2.24. The van der Waals surface area contributed by atoms with Gasteiger partial charge in [-0.1, -0.05) is 45.0 Å². The van der Waals surface area contributed by atoms with E-state index in [1.807, 2.05) is 39.0 Å². The van der Waals surface area contributed by atoms with Crippen LogP contribution < -0.4 is 10.6 Å².